The topological polar surface area (TPSA) is 32.3 Å². The highest BCUT2D eigenvalue weighted by Gasteiger charge is 2.32. The van der Waals surface area contributed by atoms with Gasteiger partial charge in [-0.15, -0.1) is 0 Å². The van der Waals surface area contributed by atoms with Crippen molar-refractivity contribution in [3.05, 3.63) is 102 Å². The number of hydrogen-bond acceptors (Lipinski definition) is 2. The molecule has 2 atom stereocenters. The van der Waals surface area contributed by atoms with Crippen LogP contribution in [0.1, 0.15) is 30.5 Å². The number of fused-ring (bicyclic) bond motifs is 1. The van der Waals surface area contributed by atoms with Crippen molar-refractivity contribution in [3.63, 3.8) is 0 Å². The molecule has 0 unspecified atom stereocenters. The second kappa shape index (κ2) is 8.13. The Morgan fingerprint density at radius 2 is 1.57 bits per heavy atom. The molecule has 0 bridgehead atoms. The Morgan fingerprint density at radius 3 is 2.32 bits per heavy atom. The van der Waals surface area contributed by atoms with Crippen molar-refractivity contribution in [2.75, 3.05) is 10.2 Å². The van der Waals surface area contributed by atoms with Crippen molar-refractivity contribution >= 4 is 23.4 Å². The summed E-state index contributed by atoms with van der Waals surface area (Å²) in [6, 6.07) is 28.6. The van der Waals surface area contributed by atoms with E-state index in [0.717, 1.165) is 28.9 Å². The summed E-state index contributed by atoms with van der Waals surface area (Å²) < 4.78 is 0. The molecule has 0 radical (unpaired) electrons. The van der Waals surface area contributed by atoms with Gasteiger partial charge in [0.25, 0.3) is 5.91 Å². The lowest BCUT2D eigenvalue weighted by Gasteiger charge is -2.39. The van der Waals surface area contributed by atoms with Crippen LogP contribution >= 0.6 is 0 Å². The van der Waals surface area contributed by atoms with Gasteiger partial charge in [-0.25, -0.2) is 0 Å². The third-order valence-electron chi connectivity index (χ3n) is 5.16. The second-order valence-corrected chi connectivity index (χ2v) is 7.16. The average molecular weight is 368 g/mol. The van der Waals surface area contributed by atoms with Crippen molar-refractivity contribution in [2.45, 2.75) is 25.4 Å². The van der Waals surface area contributed by atoms with Crippen LogP contribution in [-0.2, 0) is 4.79 Å². The molecule has 0 saturated heterocycles. The van der Waals surface area contributed by atoms with Gasteiger partial charge in [-0.1, -0.05) is 66.7 Å². The molecular formula is C25H24N2O. The maximum atomic E-state index is 13.0. The number of carbonyl (C=O) groups is 1. The van der Waals surface area contributed by atoms with Crippen molar-refractivity contribution in [3.8, 4) is 0 Å². The molecule has 1 N–H and O–H groups in total. The average Bonchev–Trinajstić information content (AvgIpc) is 2.74. The van der Waals surface area contributed by atoms with Crippen LogP contribution < -0.4 is 10.2 Å². The lowest BCUT2D eigenvalue weighted by molar-refractivity contribution is -0.114. The van der Waals surface area contributed by atoms with Gasteiger partial charge in [-0.3, -0.25) is 4.79 Å². The van der Waals surface area contributed by atoms with Crippen LogP contribution in [0.4, 0.5) is 11.4 Å². The van der Waals surface area contributed by atoms with Gasteiger partial charge in [0.1, 0.15) is 0 Å². The molecule has 1 amide bonds. The Kier molecular flexibility index (Phi) is 5.24. The first-order valence-corrected chi connectivity index (χ1v) is 9.69. The van der Waals surface area contributed by atoms with Crippen LogP contribution in [0, 0.1) is 0 Å². The number of para-hydroxylation sites is 2. The molecule has 0 spiro atoms. The number of hydrogen-bond donors (Lipinski definition) is 1. The van der Waals surface area contributed by atoms with Crippen LogP contribution in [0.5, 0.6) is 0 Å². The van der Waals surface area contributed by atoms with Crippen molar-refractivity contribution in [2.24, 2.45) is 0 Å². The van der Waals surface area contributed by atoms with E-state index in [-0.39, 0.29) is 18.0 Å². The molecule has 28 heavy (non-hydrogen) atoms. The monoisotopic (exact) mass is 368 g/mol. The first-order valence-electron chi connectivity index (χ1n) is 9.69. The fraction of sp³-hybridized carbons (Fsp3) is 0.160. The normalized spacial score (nSPS) is 18.7. The van der Waals surface area contributed by atoms with E-state index in [1.807, 2.05) is 77.7 Å². The largest absolute Gasteiger partial charge is 0.378 e. The Labute approximate surface area is 166 Å². The van der Waals surface area contributed by atoms with Crippen LogP contribution in [-0.4, -0.2) is 11.9 Å². The number of nitrogens with one attached hydrogen (secondary N) is 1. The zero-order valence-electron chi connectivity index (χ0n) is 16.0. The lowest BCUT2D eigenvalue weighted by atomic mass is 9.91. The van der Waals surface area contributed by atoms with Gasteiger partial charge in [0.05, 0.1) is 6.04 Å². The molecule has 1 aliphatic heterocycles. The van der Waals surface area contributed by atoms with E-state index in [1.54, 1.807) is 6.08 Å². The van der Waals surface area contributed by atoms with Gasteiger partial charge in [-0.2, -0.15) is 0 Å². The standard InChI is InChI=1S/C25H24N2O/c1-19-18-23(26-21-12-6-3-7-13-21)22-14-8-9-15-24(22)27(19)25(28)17-16-20-10-4-2-5-11-20/h2-17,19,23,26H,18H2,1H3/t19-,23+/m1/s1. The molecule has 0 aromatic heterocycles. The fourth-order valence-corrected chi connectivity index (χ4v) is 3.83. The zero-order valence-corrected chi connectivity index (χ0v) is 16.0. The van der Waals surface area contributed by atoms with Crippen LogP contribution in [0.15, 0.2) is 91.0 Å². The van der Waals surface area contributed by atoms with E-state index < -0.39 is 0 Å². The summed E-state index contributed by atoms with van der Waals surface area (Å²) in [6.07, 6.45) is 4.41. The van der Waals surface area contributed by atoms with Crippen LogP contribution in [0.25, 0.3) is 6.08 Å². The van der Waals surface area contributed by atoms with Crippen LogP contribution in [0.3, 0.4) is 0 Å². The van der Waals surface area contributed by atoms with E-state index in [2.05, 4.69) is 30.4 Å². The summed E-state index contributed by atoms with van der Waals surface area (Å²) in [5, 5.41) is 3.63. The van der Waals surface area contributed by atoms with E-state index in [1.165, 1.54) is 0 Å². The van der Waals surface area contributed by atoms with E-state index in [9.17, 15) is 4.79 Å². The molecule has 0 fully saturated rings. The van der Waals surface area contributed by atoms with Crippen LogP contribution in [0.2, 0.25) is 0 Å². The number of rotatable bonds is 4. The molecule has 3 aromatic rings. The fourth-order valence-electron chi connectivity index (χ4n) is 3.83. The number of benzene rings is 3. The minimum absolute atomic E-state index is 0.0157. The summed E-state index contributed by atoms with van der Waals surface area (Å²) in [5.74, 6) is 0.0157. The van der Waals surface area contributed by atoms with E-state index in [4.69, 9.17) is 0 Å². The summed E-state index contributed by atoms with van der Waals surface area (Å²) in [5.41, 5.74) is 4.26. The number of amides is 1. The predicted octanol–water partition coefficient (Wildman–Crippen LogP) is 5.68. The summed E-state index contributed by atoms with van der Waals surface area (Å²) >= 11 is 0. The number of carbonyl (C=O) groups excluding carboxylic acids is 1. The highest BCUT2D eigenvalue weighted by molar-refractivity contribution is 6.05. The molecule has 3 aromatic carbocycles. The zero-order chi connectivity index (χ0) is 19.3. The Bertz CT molecular complexity index is 966. The van der Waals surface area contributed by atoms with Gasteiger partial charge in [-0.05, 0) is 48.7 Å². The molecule has 3 nitrogen and oxygen atoms in total. The second-order valence-electron chi connectivity index (χ2n) is 7.16. The highest BCUT2D eigenvalue weighted by Crippen LogP contribution is 2.39. The molecular weight excluding hydrogens is 344 g/mol. The smallest absolute Gasteiger partial charge is 0.251 e. The predicted molar refractivity (Wildman–Crippen MR) is 116 cm³/mol. The van der Waals surface area contributed by atoms with E-state index in [0.29, 0.717) is 0 Å². The molecule has 140 valence electrons. The van der Waals surface area contributed by atoms with Crippen molar-refractivity contribution < 1.29 is 4.79 Å². The summed E-state index contributed by atoms with van der Waals surface area (Å²) in [7, 11) is 0. The lowest BCUT2D eigenvalue weighted by Crippen LogP contribution is -2.43. The summed E-state index contributed by atoms with van der Waals surface area (Å²) in [4.78, 5) is 14.9. The molecule has 4 rings (SSSR count). The van der Waals surface area contributed by atoms with E-state index >= 15 is 0 Å². The maximum absolute atomic E-state index is 13.0. The summed E-state index contributed by atoms with van der Waals surface area (Å²) in [6.45, 7) is 2.11. The minimum Gasteiger partial charge on any atom is -0.378 e. The highest BCUT2D eigenvalue weighted by atomic mass is 16.2. The quantitative estimate of drug-likeness (QED) is 0.601. The third-order valence-corrected chi connectivity index (χ3v) is 5.16. The third kappa shape index (κ3) is 3.84. The first kappa shape index (κ1) is 18.1. The van der Waals surface area contributed by atoms with Crippen molar-refractivity contribution in [1.29, 1.82) is 0 Å². The number of anilines is 2. The molecule has 3 heteroatoms. The molecule has 1 aliphatic rings. The first-order chi connectivity index (χ1) is 13.7. The van der Waals surface area contributed by atoms with Gasteiger partial charge < -0.3 is 10.2 Å². The minimum atomic E-state index is 0.0157. The molecule has 1 heterocycles. The number of nitrogens with zero attached hydrogens (tertiary/aromatic N) is 1. The van der Waals surface area contributed by atoms with Gasteiger partial charge in [0.15, 0.2) is 0 Å². The Balaban J connectivity index is 1.61. The van der Waals surface area contributed by atoms with Gasteiger partial charge in [0.2, 0.25) is 0 Å². The van der Waals surface area contributed by atoms with Gasteiger partial charge in [0, 0.05) is 23.5 Å². The van der Waals surface area contributed by atoms with Crippen molar-refractivity contribution in [1.82, 2.24) is 0 Å². The maximum Gasteiger partial charge on any atom is 0.251 e. The van der Waals surface area contributed by atoms with Gasteiger partial charge >= 0.3 is 0 Å². The Morgan fingerprint density at radius 1 is 0.929 bits per heavy atom. The molecule has 0 saturated carbocycles. The Hall–Kier alpha value is -3.33. The molecule has 0 aliphatic carbocycles. The SMILES string of the molecule is C[C@@H]1C[C@H](Nc2ccccc2)c2ccccc2N1C(=O)C=Cc1ccccc1.